The van der Waals surface area contributed by atoms with Crippen LogP contribution in [0.25, 0.3) is 11.0 Å². The highest BCUT2D eigenvalue weighted by Gasteiger charge is 2.16. The van der Waals surface area contributed by atoms with Gasteiger partial charge in [-0.25, -0.2) is 4.79 Å². The summed E-state index contributed by atoms with van der Waals surface area (Å²) in [5, 5.41) is 12.0. The molecule has 0 saturated heterocycles. The van der Waals surface area contributed by atoms with Gasteiger partial charge in [-0.15, -0.1) is 0 Å². The first-order valence-corrected chi connectivity index (χ1v) is 7.77. The van der Waals surface area contributed by atoms with Gasteiger partial charge in [0.15, 0.2) is 5.75 Å². The Balaban J connectivity index is 2.01. The highest BCUT2D eigenvalue weighted by molar-refractivity contribution is 5.81. The number of nitro benzene ring substituents is 1. The van der Waals surface area contributed by atoms with Crippen LogP contribution in [-0.4, -0.2) is 4.92 Å². The number of nitro groups is 1. The van der Waals surface area contributed by atoms with Crippen molar-refractivity contribution in [2.45, 2.75) is 27.4 Å². The van der Waals surface area contributed by atoms with Crippen LogP contribution in [0, 0.1) is 30.9 Å². The molecule has 6 heteroatoms. The van der Waals surface area contributed by atoms with Gasteiger partial charge in [-0.3, -0.25) is 10.1 Å². The van der Waals surface area contributed by atoms with Crippen LogP contribution in [0.15, 0.2) is 45.6 Å². The SMILES string of the molecule is Cc1ccc(OCc2cc(=O)oc3cc(C)c(C)cc23)c([N+](=O)[O-])c1. The van der Waals surface area contributed by atoms with Gasteiger partial charge in [-0.2, -0.15) is 0 Å². The van der Waals surface area contributed by atoms with Gasteiger partial charge in [-0.1, -0.05) is 6.07 Å². The van der Waals surface area contributed by atoms with E-state index in [4.69, 9.17) is 9.15 Å². The molecule has 3 aromatic rings. The van der Waals surface area contributed by atoms with Gasteiger partial charge < -0.3 is 9.15 Å². The van der Waals surface area contributed by atoms with E-state index in [9.17, 15) is 14.9 Å². The molecule has 1 heterocycles. The van der Waals surface area contributed by atoms with Crippen molar-refractivity contribution in [3.05, 3.63) is 79.2 Å². The van der Waals surface area contributed by atoms with Crippen LogP contribution in [-0.2, 0) is 6.61 Å². The van der Waals surface area contributed by atoms with E-state index < -0.39 is 10.5 Å². The lowest BCUT2D eigenvalue weighted by Crippen LogP contribution is -2.05. The van der Waals surface area contributed by atoms with Crippen LogP contribution >= 0.6 is 0 Å². The Labute approximate surface area is 143 Å². The maximum absolute atomic E-state index is 11.8. The van der Waals surface area contributed by atoms with Crippen LogP contribution in [0.5, 0.6) is 5.75 Å². The number of ether oxygens (including phenoxy) is 1. The number of hydrogen-bond donors (Lipinski definition) is 0. The van der Waals surface area contributed by atoms with Crippen molar-refractivity contribution >= 4 is 16.7 Å². The maximum Gasteiger partial charge on any atom is 0.336 e. The summed E-state index contributed by atoms with van der Waals surface area (Å²) in [5.74, 6) is 0.167. The van der Waals surface area contributed by atoms with Crippen molar-refractivity contribution < 1.29 is 14.1 Å². The van der Waals surface area contributed by atoms with Crippen molar-refractivity contribution in [2.24, 2.45) is 0 Å². The summed E-state index contributed by atoms with van der Waals surface area (Å²) in [6, 6.07) is 9.86. The van der Waals surface area contributed by atoms with Crippen LogP contribution in [0.3, 0.4) is 0 Å². The largest absolute Gasteiger partial charge is 0.482 e. The predicted octanol–water partition coefficient (Wildman–Crippen LogP) is 4.21. The molecule has 128 valence electrons. The Kier molecular flexibility index (Phi) is 4.27. The third-order valence-electron chi connectivity index (χ3n) is 4.14. The minimum atomic E-state index is -0.479. The fourth-order valence-corrected chi connectivity index (χ4v) is 2.65. The summed E-state index contributed by atoms with van der Waals surface area (Å²) in [4.78, 5) is 22.5. The standard InChI is InChI=1S/C19H17NO5/c1-11-4-5-17(16(6-11)20(22)23)24-10-14-9-19(21)25-18-8-13(3)12(2)7-15(14)18/h4-9H,10H2,1-3H3. The average molecular weight is 339 g/mol. The van der Waals surface area contributed by atoms with Gasteiger partial charge in [0.05, 0.1) is 4.92 Å². The van der Waals surface area contributed by atoms with E-state index in [0.29, 0.717) is 11.1 Å². The van der Waals surface area contributed by atoms with Gasteiger partial charge in [0.2, 0.25) is 0 Å². The lowest BCUT2D eigenvalue weighted by molar-refractivity contribution is -0.386. The molecule has 0 N–H and O–H groups in total. The number of fused-ring (bicyclic) bond motifs is 1. The molecule has 0 amide bonds. The molecule has 0 aliphatic heterocycles. The van der Waals surface area contributed by atoms with Crippen molar-refractivity contribution in [3.8, 4) is 5.75 Å². The Morgan fingerprint density at radius 2 is 1.80 bits per heavy atom. The third-order valence-corrected chi connectivity index (χ3v) is 4.14. The van der Waals surface area contributed by atoms with Crippen LogP contribution < -0.4 is 10.4 Å². The molecule has 0 spiro atoms. The summed E-state index contributed by atoms with van der Waals surface area (Å²) >= 11 is 0. The van der Waals surface area contributed by atoms with Crippen LogP contribution in [0.2, 0.25) is 0 Å². The maximum atomic E-state index is 11.8. The van der Waals surface area contributed by atoms with E-state index in [1.165, 1.54) is 12.1 Å². The average Bonchev–Trinajstić information content (AvgIpc) is 2.55. The summed E-state index contributed by atoms with van der Waals surface area (Å²) in [6.45, 7) is 5.72. The Morgan fingerprint density at radius 3 is 2.52 bits per heavy atom. The molecule has 2 aromatic carbocycles. The molecule has 0 radical (unpaired) electrons. The molecule has 0 bridgehead atoms. The minimum absolute atomic E-state index is 0.0362. The quantitative estimate of drug-likeness (QED) is 0.404. The van der Waals surface area contributed by atoms with Gasteiger partial charge in [0.25, 0.3) is 0 Å². The van der Waals surface area contributed by atoms with Crippen LogP contribution in [0.1, 0.15) is 22.3 Å². The summed E-state index contributed by atoms with van der Waals surface area (Å²) in [6.07, 6.45) is 0. The van der Waals surface area contributed by atoms with Crippen molar-refractivity contribution in [1.29, 1.82) is 0 Å². The van der Waals surface area contributed by atoms with Gasteiger partial charge in [0, 0.05) is 23.1 Å². The zero-order valence-electron chi connectivity index (χ0n) is 14.2. The van der Waals surface area contributed by atoms with Crippen LogP contribution in [0.4, 0.5) is 5.69 Å². The number of aryl methyl sites for hydroxylation is 3. The number of nitrogens with zero attached hydrogens (tertiary/aromatic N) is 1. The van der Waals surface area contributed by atoms with E-state index in [-0.39, 0.29) is 18.0 Å². The molecule has 0 fully saturated rings. The fourth-order valence-electron chi connectivity index (χ4n) is 2.65. The van der Waals surface area contributed by atoms with Gasteiger partial charge >= 0.3 is 11.3 Å². The molecule has 0 atom stereocenters. The Morgan fingerprint density at radius 1 is 1.08 bits per heavy atom. The second-order valence-corrected chi connectivity index (χ2v) is 6.04. The molecule has 0 saturated carbocycles. The van der Waals surface area contributed by atoms with E-state index in [1.807, 2.05) is 26.0 Å². The monoisotopic (exact) mass is 339 g/mol. The second-order valence-electron chi connectivity index (χ2n) is 6.04. The Bertz CT molecular complexity index is 1040. The van der Waals surface area contributed by atoms with Crippen molar-refractivity contribution in [1.82, 2.24) is 0 Å². The van der Waals surface area contributed by atoms with Crippen molar-refractivity contribution in [2.75, 3.05) is 0 Å². The highest BCUT2D eigenvalue weighted by atomic mass is 16.6. The first kappa shape index (κ1) is 16.7. The first-order chi connectivity index (χ1) is 11.8. The minimum Gasteiger partial charge on any atom is -0.482 e. The number of hydrogen-bond acceptors (Lipinski definition) is 5. The summed E-state index contributed by atoms with van der Waals surface area (Å²) in [7, 11) is 0. The third kappa shape index (κ3) is 3.38. The lowest BCUT2D eigenvalue weighted by Gasteiger charge is -2.10. The molecule has 0 aliphatic carbocycles. The van der Waals surface area contributed by atoms with Crippen molar-refractivity contribution in [3.63, 3.8) is 0 Å². The smallest absolute Gasteiger partial charge is 0.336 e. The highest BCUT2D eigenvalue weighted by Crippen LogP contribution is 2.29. The molecule has 1 aromatic heterocycles. The molecule has 3 rings (SSSR count). The molecule has 6 nitrogen and oxygen atoms in total. The normalized spacial score (nSPS) is 10.8. The number of benzene rings is 2. The first-order valence-electron chi connectivity index (χ1n) is 7.77. The molecule has 25 heavy (non-hydrogen) atoms. The number of rotatable bonds is 4. The fraction of sp³-hybridized carbons (Fsp3) is 0.211. The summed E-state index contributed by atoms with van der Waals surface area (Å²) < 4.78 is 10.9. The second kappa shape index (κ2) is 6.39. The zero-order chi connectivity index (χ0) is 18.1. The molecule has 0 unspecified atom stereocenters. The van der Waals surface area contributed by atoms with Gasteiger partial charge in [-0.05, 0) is 55.7 Å². The zero-order valence-corrected chi connectivity index (χ0v) is 14.2. The molecular formula is C19H17NO5. The van der Waals surface area contributed by atoms with E-state index in [2.05, 4.69) is 0 Å². The Hall–Kier alpha value is -3.15. The molecular weight excluding hydrogens is 322 g/mol. The lowest BCUT2D eigenvalue weighted by atomic mass is 10.0. The van der Waals surface area contributed by atoms with E-state index in [1.54, 1.807) is 19.1 Å². The molecule has 0 aliphatic rings. The summed E-state index contributed by atoms with van der Waals surface area (Å²) in [5.41, 5.74) is 3.38. The van der Waals surface area contributed by atoms with E-state index >= 15 is 0 Å². The van der Waals surface area contributed by atoms with E-state index in [0.717, 1.165) is 22.1 Å². The van der Waals surface area contributed by atoms with Gasteiger partial charge in [0.1, 0.15) is 12.2 Å². The predicted molar refractivity (Wildman–Crippen MR) is 94.1 cm³/mol. The topological polar surface area (TPSA) is 82.6 Å².